The van der Waals surface area contributed by atoms with E-state index in [-0.39, 0.29) is 17.6 Å². The minimum Gasteiger partial charge on any atom is -0.469 e. The molecule has 1 aromatic carbocycles. The Bertz CT molecular complexity index is 436. The average molecular weight is 235 g/mol. The van der Waals surface area contributed by atoms with Crippen LogP contribution < -0.4 is 0 Å². The largest absolute Gasteiger partial charge is 0.469 e. The number of esters is 1. The smallest absolute Gasteiger partial charge is 0.312 e. The molecular formula is C12H13NO4. The molecule has 0 aliphatic heterocycles. The van der Waals surface area contributed by atoms with Crippen molar-refractivity contribution in [1.29, 1.82) is 0 Å². The molecule has 0 saturated heterocycles. The van der Waals surface area contributed by atoms with Crippen molar-refractivity contribution < 1.29 is 14.5 Å². The first-order chi connectivity index (χ1) is 8.04. The van der Waals surface area contributed by atoms with E-state index in [1.807, 2.05) is 0 Å². The van der Waals surface area contributed by atoms with Crippen LogP contribution in [0.4, 0.5) is 5.69 Å². The number of rotatable bonds is 4. The van der Waals surface area contributed by atoms with Crippen LogP contribution in [-0.2, 0) is 9.53 Å². The van der Waals surface area contributed by atoms with Gasteiger partial charge in [-0.25, -0.2) is 0 Å². The zero-order valence-corrected chi connectivity index (χ0v) is 9.62. The molecule has 5 heteroatoms. The minimum absolute atomic E-state index is 0.0446. The highest BCUT2D eigenvalue weighted by molar-refractivity contribution is 5.75. The second-order valence-corrected chi connectivity index (χ2v) is 3.52. The lowest BCUT2D eigenvalue weighted by Crippen LogP contribution is -2.09. The Labute approximate surface area is 98.9 Å². The van der Waals surface area contributed by atoms with Gasteiger partial charge in [-0.05, 0) is 24.6 Å². The zero-order chi connectivity index (χ0) is 12.8. The fourth-order valence-electron chi connectivity index (χ4n) is 1.23. The maximum atomic E-state index is 11.1. The number of nitro groups is 1. The molecule has 0 N–H and O–H groups in total. The number of non-ortho nitro benzene ring substituents is 1. The highest BCUT2D eigenvalue weighted by Gasteiger charge is 2.08. The monoisotopic (exact) mass is 235 g/mol. The third-order valence-corrected chi connectivity index (χ3v) is 2.25. The van der Waals surface area contributed by atoms with E-state index in [0.29, 0.717) is 0 Å². The molecule has 17 heavy (non-hydrogen) atoms. The number of benzene rings is 1. The number of carbonyl (C=O) groups is 1. The molecule has 90 valence electrons. The summed E-state index contributed by atoms with van der Waals surface area (Å²) in [6.45, 7) is 1.72. The minimum atomic E-state index is -0.454. The van der Waals surface area contributed by atoms with Gasteiger partial charge in [0.25, 0.3) is 5.69 Å². The van der Waals surface area contributed by atoms with Gasteiger partial charge in [-0.15, -0.1) is 0 Å². The van der Waals surface area contributed by atoms with Gasteiger partial charge in [0.15, 0.2) is 0 Å². The Morgan fingerprint density at radius 2 is 2.00 bits per heavy atom. The summed E-state index contributed by atoms with van der Waals surface area (Å²) in [7, 11) is 1.33. The predicted octanol–water partition coefficient (Wildman–Crippen LogP) is 2.42. The molecule has 0 saturated carbocycles. The molecular weight excluding hydrogens is 222 g/mol. The summed E-state index contributed by atoms with van der Waals surface area (Å²) in [4.78, 5) is 21.1. The van der Waals surface area contributed by atoms with Gasteiger partial charge < -0.3 is 4.74 Å². The molecule has 1 unspecified atom stereocenters. The molecule has 1 atom stereocenters. The zero-order valence-electron chi connectivity index (χ0n) is 9.62. The van der Waals surface area contributed by atoms with Gasteiger partial charge >= 0.3 is 5.97 Å². The molecule has 0 aromatic heterocycles. The Morgan fingerprint density at radius 1 is 1.41 bits per heavy atom. The molecule has 1 aromatic rings. The molecule has 0 fully saturated rings. The molecule has 1 rings (SSSR count). The second kappa shape index (κ2) is 5.79. The maximum Gasteiger partial charge on any atom is 0.312 e. The van der Waals surface area contributed by atoms with Crippen molar-refractivity contribution in [1.82, 2.24) is 0 Å². The van der Waals surface area contributed by atoms with E-state index in [9.17, 15) is 14.9 Å². The van der Waals surface area contributed by atoms with Crippen LogP contribution in [0.2, 0.25) is 0 Å². The van der Waals surface area contributed by atoms with E-state index in [4.69, 9.17) is 0 Å². The molecule has 0 aliphatic rings. The number of methoxy groups -OCH3 is 1. The number of nitro benzene ring substituents is 1. The number of carbonyl (C=O) groups excluding carboxylic acids is 1. The molecule has 5 nitrogen and oxygen atoms in total. The van der Waals surface area contributed by atoms with Gasteiger partial charge in [-0.1, -0.05) is 12.2 Å². The summed E-state index contributed by atoms with van der Waals surface area (Å²) in [6, 6.07) is 6.09. The molecule has 0 amide bonds. The van der Waals surface area contributed by atoms with Crippen LogP contribution >= 0.6 is 0 Å². The van der Waals surface area contributed by atoms with E-state index in [0.717, 1.165) is 5.56 Å². The molecule has 0 heterocycles. The first-order valence-corrected chi connectivity index (χ1v) is 5.05. The quantitative estimate of drug-likeness (QED) is 0.456. The van der Waals surface area contributed by atoms with Crippen LogP contribution in [0.25, 0.3) is 6.08 Å². The summed E-state index contributed by atoms with van der Waals surface area (Å²) in [5, 5.41) is 10.4. The van der Waals surface area contributed by atoms with E-state index < -0.39 is 4.92 Å². The fraction of sp³-hybridized carbons (Fsp3) is 0.250. The normalized spacial score (nSPS) is 12.4. The van der Waals surface area contributed by atoms with Crippen molar-refractivity contribution in [3.05, 3.63) is 46.0 Å². The van der Waals surface area contributed by atoms with Crippen molar-refractivity contribution in [3.8, 4) is 0 Å². The van der Waals surface area contributed by atoms with E-state index in [2.05, 4.69) is 4.74 Å². The van der Waals surface area contributed by atoms with Crippen LogP contribution in [0, 0.1) is 16.0 Å². The first kappa shape index (κ1) is 12.9. The number of ether oxygens (including phenoxy) is 1. The van der Waals surface area contributed by atoms with Crippen molar-refractivity contribution >= 4 is 17.7 Å². The predicted molar refractivity (Wildman–Crippen MR) is 63.3 cm³/mol. The van der Waals surface area contributed by atoms with Gasteiger partial charge in [0.05, 0.1) is 18.0 Å². The SMILES string of the molecule is COC(=O)C(C)/C=C/c1ccc([N+](=O)[O-])cc1. The average Bonchev–Trinajstić information content (AvgIpc) is 2.35. The standard InChI is InChI=1S/C12H13NO4/c1-9(12(14)17-2)3-4-10-5-7-11(8-6-10)13(15)16/h3-9H,1-2H3/b4-3+. The molecule has 0 bridgehead atoms. The van der Waals surface area contributed by atoms with Crippen LogP contribution in [0.15, 0.2) is 30.3 Å². The Hall–Kier alpha value is -2.17. The summed E-state index contributed by atoms with van der Waals surface area (Å²) < 4.78 is 4.57. The van der Waals surface area contributed by atoms with Gasteiger partial charge in [-0.2, -0.15) is 0 Å². The van der Waals surface area contributed by atoms with Gasteiger partial charge in [0.1, 0.15) is 0 Å². The summed E-state index contributed by atoms with van der Waals surface area (Å²) in [5.41, 5.74) is 0.842. The summed E-state index contributed by atoms with van der Waals surface area (Å²) >= 11 is 0. The third-order valence-electron chi connectivity index (χ3n) is 2.25. The number of hydrogen-bond donors (Lipinski definition) is 0. The fourth-order valence-corrected chi connectivity index (χ4v) is 1.23. The van der Waals surface area contributed by atoms with Crippen LogP contribution in [-0.4, -0.2) is 18.0 Å². The van der Waals surface area contributed by atoms with Gasteiger partial charge in [0, 0.05) is 12.1 Å². The molecule has 0 radical (unpaired) electrons. The highest BCUT2D eigenvalue weighted by atomic mass is 16.6. The van der Waals surface area contributed by atoms with Gasteiger partial charge in [-0.3, -0.25) is 14.9 Å². The van der Waals surface area contributed by atoms with Crippen LogP contribution in [0.3, 0.4) is 0 Å². The topological polar surface area (TPSA) is 69.4 Å². The lowest BCUT2D eigenvalue weighted by Gasteiger charge is -2.02. The van der Waals surface area contributed by atoms with Crippen molar-refractivity contribution in [2.75, 3.05) is 7.11 Å². The lowest BCUT2D eigenvalue weighted by atomic mass is 10.1. The van der Waals surface area contributed by atoms with E-state index in [1.165, 1.54) is 19.2 Å². The van der Waals surface area contributed by atoms with Crippen LogP contribution in [0.5, 0.6) is 0 Å². The first-order valence-electron chi connectivity index (χ1n) is 5.05. The van der Waals surface area contributed by atoms with Crippen molar-refractivity contribution in [2.45, 2.75) is 6.92 Å². The van der Waals surface area contributed by atoms with Crippen LogP contribution in [0.1, 0.15) is 12.5 Å². The van der Waals surface area contributed by atoms with E-state index >= 15 is 0 Å². The molecule has 0 aliphatic carbocycles. The third kappa shape index (κ3) is 3.71. The summed E-state index contributed by atoms with van der Waals surface area (Å²) in [5.74, 6) is -0.654. The van der Waals surface area contributed by atoms with Gasteiger partial charge in [0.2, 0.25) is 0 Å². The van der Waals surface area contributed by atoms with Crippen molar-refractivity contribution in [3.63, 3.8) is 0 Å². The number of nitrogens with zero attached hydrogens (tertiary/aromatic N) is 1. The van der Waals surface area contributed by atoms with Crippen molar-refractivity contribution in [2.24, 2.45) is 5.92 Å². The Kier molecular flexibility index (Phi) is 4.39. The maximum absolute atomic E-state index is 11.1. The second-order valence-electron chi connectivity index (χ2n) is 3.52. The van der Waals surface area contributed by atoms with E-state index in [1.54, 1.807) is 31.2 Å². The Balaban J connectivity index is 2.72. The Morgan fingerprint density at radius 3 is 2.47 bits per heavy atom. The molecule has 0 spiro atoms. The lowest BCUT2D eigenvalue weighted by molar-refractivity contribution is -0.384. The highest BCUT2D eigenvalue weighted by Crippen LogP contribution is 2.13. The number of hydrogen-bond acceptors (Lipinski definition) is 4. The summed E-state index contributed by atoms with van der Waals surface area (Å²) in [6.07, 6.45) is 3.41.